The lowest BCUT2D eigenvalue weighted by molar-refractivity contribution is 0.923. The van der Waals surface area contributed by atoms with Crippen molar-refractivity contribution >= 4 is 11.8 Å². The summed E-state index contributed by atoms with van der Waals surface area (Å²) in [6, 6.07) is 20.1. The summed E-state index contributed by atoms with van der Waals surface area (Å²) in [5.41, 5.74) is 5.00. The number of nitrogens with zero attached hydrogens (tertiary/aromatic N) is 4. The van der Waals surface area contributed by atoms with Crippen molar-refractivity contribution in [2.75, 3.05) is 0 Å². The van der Waals surface area contributed by atoms with E-state index < -0.39 is 0 Å². The van der Waals surface area contributed by atoms with Crippen molar-refractivity contribution in [2.24, 2.45) is 0 Å². The lowest BCUT2D eigenvalue weighted by Crippen LogP contribution is -1.99. The Hall–Kier alpha value is -3.15. The number of aromatic nitrogens is 2. The maximum Gasteiger partial charge on any atom is 0.126 e. The maximum atomic E-state index is 9.33. The highest BCUT2D eigenvalue weighted by Crippen LogP contribution is 2.28. The van der Waals surface area contributed by atoms with Gasteiger partial charge in [-0.1, -0.05) is 42.5 Å². The number of benzene rings is 2. The molecule has 0 N–H and O–H groups in total. The molecule has 3 rings (SSSR count). The Labute approximate surface area is 157 Å². The van der Waals surface area contributed by atoms with E-state index in [1.807, 2.05) is 62.4 Å². The third kappa shape index (κ3) is 3.74. The van der Waals surface area contributed by atoms with Crippen LogP contribution in [0.25, 0.3) is 11.1 Å². The average Bonchev–Trinajstić information content (AvgIpc) is 2.66. The van der Waals surface area contributed by atoms with Crippen LogP contribution in [0, 0.1) is 36.5 Å². The summed E-state index contributed by atoms with van der Waals surface area (Å²) in [4.78, 5) is 8.65. The van der Waals surface area contributed by atoms with E-state index in [0.29, 0.717) is 28.4 Å². The first-order valence-corrected chi connectivity index (χ1v) is 9.07. The van der Waals surface area contributed by atoms with Gasteiger partial charge in [0.2, 0.25) is 0 Å². The first kappa shape index (κ1) is 17.7. The zero-order valence-electron chi connectivity index (χ0n) is 14.5. The van der Waals surface area contributed by atoms with Gasteiger partial charge in [0.15, 0.2) is 0 Å². The zero-order chi connectivity index (χ0) is 18.5. The molecule has 0 saturated heterocycles. The van der Waals surface area contributed by atoms with Crippen LogP contribution in [0.5, 0.6) is 0 Å². The van der Waals surface area contributed by atoms with Crippen LogP contribution in [0.15, 0.2) is 53.6 Å². The lowest BCUT2D eigenvalue weighted by Gasteiger charge is -2.08. The number of thioether (sulfide) groups is 1. The van der Waals surface area contributed by atoms with Gasteiger partial charge in [-0.15, -0.1) is 11.8 Å². The van der Waals surface area contributed by atoms with Gasteiger partial charge in [0, 0.05) is 5.75 Å². The van der Waals surface area contributed by atoms with E-state index in [0.717, 1.165) is 21.7 Å². The van der Waals surface area contributed by atoms with Crippen molar-refractivity contribution in [2.45, 2.75) is 24.6 Å². The van der Waals surface area contributed by atoms with Crippen LogP contribution in [0.2, 0.25) is 0 Å². The van der Waals surface area contributed by atoms with Crippen LogP contribution in [-0.2, 0) is 5.75 Å². The first-order valence-electron chi connectivity index (χ1n) is 8.09. The fraction of sp³-hybridized carbons (Fsp3) is 0.143. The smallest absolute Gasteiger partial charge is 0.126 e. The standard InChI is InChI=1S/C21H16N4S/c1-14-20(12-23)21(25-15(2)24-14)26-13-16-7-9-17(10-8-16)19-6-4-3-5-18(19)11-22/h3-10H,13H2,1-2H3. The molecular weight excluding hydrogens is 340 g/mol. The molecule has 0 aliphatic heterocycles. The summed E-state index contributed by atoms with van der Waals surface area (Å²) < 4.78 is 0. The number of rotatable bonds is 4. The van der Waals surface area contributed by atoms with Gasteiger partial charge in [0.25, 0.3) is 0 Å². The average molecular weight is 356 g/mol. The normalized spacial score (nSPS) is 10.2. The molecule has 0 atom stereocenters. The number of nitriles is 2. The largest absolute Gasteiger partial charge is 0.237 e. The maximum absolute atomic E-state index is 9.33. The molecule has 0 fully saturated rings. The topological polar surface area (TPSA) is 73.4 Å². The highest BCUT2D eigenvalue weighted by Gasteiger charge is 2.11. The highest BCUT2D eigenvalue weighted by atomic mass is 32.2. The van der Waals surface area contributed by atoms with Gasteiger partial charge in [-0.3, -0.25) is 0 Å². The quantitative estimate of drug-likeness (QED) is 0.496. The van der Waals surface area contributed by atoms with Crippen molar-refractivity contribution in [3.05, 3.63) is 76.7 Å². The molecule has 0 radical (unpaired) electrons. The van der Waals surface area contributed by atoms with Gasteiger partial charge in [0.1, 0.15) is 22.5 Å². The third-order valence-corrected chi connectivity index (χ3v) is 5.01. The SMILES string of the molecule is Cc1nc(C)c(C#N)c(SCc2ccc(-c3ccccc3C#N)cc2)n1. The van der Waals surface area contributed by atoms with Crippen LogP contribution in [-0.4, -0.2) is 9.97 Å². The van der Waals surface area contributed by atoms with Gasteiger partial charge in [0.05, 0.1) is 17.3 Å². The summed E-state index contributed by atoms with van der Waals surface area (Å²) in [5.74, 6) is 1.39. The Morgan fingerprint density at radius 3 is 2.35 bits per heavy atom. The van der Waals surface area contributed by atoms with Gasteiger partial charge in [-0.2, -0.15) is 10.5 Å². The fourth-order valence-corrected chi connectivity index (χ4v) is 3.71. The van der Waals surface area contributed by atoms with E-state index >= 15 is 0 Å². The molecule has 0 unspecified atom stereocenters. The van der Waals surface area contributed by atoms with Gasteiger partial charge < -0.3 is 0 Å². The Kier molecular flexibility index (Phi) is 5.31. The van der Waals surface area contributed by atoms with E-state index in [9.17, 15) is 10.5 Å². The van der Waals surface area contributed by atoms with Crippen molar-refractivity contribution in [1.29, 1.82) is 10.5 Å². The number of aryl methyl sites for hydroxylation is 2. The second-order valence-electron chi connectivity index (χ2n) is 5.79. The van der Waals surface area contributed by atoms with Crippen LogP contribution in [0.4, 0.5) is 0 Å². The molecule has 0 saturated carbocycles. The molecule has 2 aromatic carbocycles. The summed E-state index contributed by atoms with van der Waals surface area (Å²) in [6.07, 6.45) is 0. The van der Waals surface area contributed by atoms with Crippen molar-refractivity contribution in [3.8, 4) is 23.3 Å². The molecule has 126 valence electrons. The molecule has 26 heavy (non-hydrogen) atoms. The monoisotopic (exact) mass is 356 g/mol. The fourth-order valence-electron chi connectivity index (χ4n) is 2.68. The van der Waals surface area contributed by atoms with Crippen LogP contribution < -0.4 is 0 Å². The van der Waals surface area contributed by atoms with E-state index in [-0.39, 0.29) is 0 Å². The second kappa shape index (κ2) is 7.82. The minimum atomic E-state index is 0.542. The molecule has 0 amide bonds. The van der Waals surface area contributed by atoms with E-state index in [1.54, 1.807) is 0 Å². The lowest BCUT2D eigenvalue weighted by atomic mass is 10.00. The van der Waals surface area contributed by atoms with Crippen molar-refractivity contribution in [1.82, 2.24) is 9.97 Å². The minimum absolute atomic E-state index is 0.542. The van der Waals surface area contributed by atoms with Crippen LogP contribution >= 0.6 is 11.8 Å². The number of hydrogen-bond donors (Lipinski definition) is 0. The molecule has 1 aromatic heterocycles. The Balaban J connectivity index is 1.79. The predicted molar refractivity (Wildman–Crippen MR) is 102 cm³/mol. The molecule has 5 heteroatoms. The van der Waals surface area contributed by atoms with Crippen molar-refractivity contribution < 1.29 is 0 Å². The molecule has 3 aromatic rings. The van der Waals surface area contributed by atoms with E-state index in [2.05, 4.69) is 22.1 Å². The van der Waals surface area contributed by atoms with Crippen LogP contribution in [0.3, 0.4) is 0 Å². The molecule has 4 nitrogen and oxygen atoms in total. The summed E-state index contributed by atoms with van der Waals surface area (Å²) in [6.45, 7) is 3.67. The molecule has 0 spiro atoms. The van der Waals surface area contributed by atoms with Gasteiger partial charge >= 0.3 is 0 Å². The summed E-state index contributed by atoms with van der Waals surface area (Å²) >= 11 is 1.54. The first-order chi connectivity index (χ1) is 12.6. The van der Waals surface area contributed by atoms with E-state index in [4.69, 9.17) is 0 Å². The number of hydrogen-bond acceptors (Lipinski definition) is 5. The van der Waals surface area contributed by atoms with E-state index in [1.165, 1.54) is 11.8 Å². The second-order valence-corrected chi connectivity index (χ2v) is 6.76. The molecule has 0 bridgehead atoms. The summed E-state index contributed by atoms with van der Waals surface area (Å²) in [7, 11) is 0. The Morgan fingerprint density at radius 1 is 0.923 bits per heavy atom. The Morgan fingerprint density at radius 2 is 1.65 bits per heavy atom. The van der Waals surface area contributed by atoms with Gasteiger partial charge in [-0.25, -0.2) is 9.97 Å². The third-order valence-electron chi connectivity index (χ3n) is 3.97. The summed E-state index contributed by atoms with van der Waals surface area (Å²) in [5, 5.41) is 19.3. The minimum Gasteiger partial charge on any atom is -0.237 e. The highest BCUT2D eigenvalue weighted by molar-refractivity contribution is 7.98. The van der Waals surface area contributed by atoms with Crippen molar-refractivity contribution in [3.63, 3.8) is 0 Å². The molecule has 0 aliphatic carbocycles. The predicted octanol–water partition coefficient (Wildman–Crippen LogP) is 4.80. The molecule has 0 aliphatic rings. The Bertz CT molecular complexity index is 1030. The molecule has 1 heterocycles. The zero-order valence-corrected chi connectivity index (χ0v) is 15.3. The van der Waals surface area contributed by atoms with Crippen LogP contribution in [0.1, 0.15) is 28.2 Å². The molecular formula is C21H16N4S. The van der Waals surface area contributed by atoms with Gasteiger partial charge in [-0.05, 0) is 36.6 Å².